The van der Waals surface area contributed by atoms with Gasteiger partial charge >= 0.3 is 6.03 Å². The van der Waals surface area contributed by atoms with Crippen LogP contribution in [-0.2, 0) is 7.05 Å². The number of hydrogen-bond donors (Lipinski definition) is 2. The van der Waals surface area contributed by atoms with Crippen molar-refractivity contribution >= 4 is 6.03 Å². The second kappa shape index (κ2) is 7.18. The van der Waals surface area contributed by atoms with Gasteiger partial charge in [0.25, 0.3) is 0 Å². The van der Waals surface area contributed by atoms with Gasteiger partial charge < -0.3 is 19.9 Å². The smallest absolute Gasteiger partial charge is 0.316 e. The zero-order chi connectivity index (χ0) is 15.9. The minimum absolute atomic E-state index is 0.168. The molecule has 0 radical (unpaired) electrons. The van der Waals surface area contributed by atoms with Gasteiger partial charge in [-0.05, 0) is 17.7 Å². The lowest BCUT2D eigenvalue weighted by molar-refractivity contribution is 0.239. The van der Waals surface area contributed by atoms with Crippen molar-refractivity contribution in [1.82, 2.24) is 20.2 Å². The van der Waals surface area contributed by atoms with E-state index >= 15 is 0 Å². The average molecular weight is 298 g/mol. The van der Waals surface area contributed by atoms with Crippen molar-refractivity contribution in [2.75, 3.05) is 13.7 Å². The van der Waals surface area contributed by atoms with Crippen LogP contribution in [0.2, 0.25) is 0 Å². The molecule has 2 rings (SSSR count). The first-order chi connectivity index (χ1) is 10.7. The molecule has 0 aliphatic rings. The molecular weight excluding hydrogens is 280 g/mol. The van der Waals surface area contributed by atoms with Crippen LogP contribution in [0.3, 0.4) is 0 Å². The van der Waals surface area contributed by atoms with E-state index in [0.29, 0.717) is 0 Å². The Morgan fingerprint density at radius 3 is 2.73 bits per heavy atom. The summed E-state index contributed by atoms with van der Waals surface area (Å²) in [6.07, 6.45) is 8.66. The molecule has 0 saturated heterocycles. The Morgan fingerprint density at radius 2 is 2.18 bits per heavy atom. The van der Waals surface area contributed by atoms with E-state index in [2.05, 4.69) is 21.5 Å². The van der Waals surface area contributed by atoms with Crippen molar-refractivity contribution < 1.29 is 9.53 Å². The van der Waals surface area contributed by atoms with Crippen LogP contribution >= 0.6 is 0 Å². The molecule has 114 valence electrons. The summed E-state index contributed by atoms with van der Waals surface area (Å²) in [7, 11) is 3.48. The van der Waals surface area contributed by atoms with Gasteiger partial charge in [0.05, 0.1) is 13.7 Å². The monoisotopic (exact) mass is 298 g/mol. The van der Waals surface area contributed by atoms with Crippen LogP contribution in [0.15, 0.2) is 36.7 Å². The number of benzene rings is 1. The number of nitrogens with zero attached hydrogens (tertiary/aromatic N) is 2. The van der Waals surface area contributed by atoms with Crippen LogP contribution in [0.5, 0.6) is 5.75 Å². The molecule has 0 spiro atoms. The van der Waals surface area contributed by atoms with E-state index < -0.39 is 0 Å². The summed E-state index contributed by atoms with van der Waals surface area (Å²) in [4.78, 5) is 16.3. The van der Waals surface area contributed by atoms with Crippen LogP contribution in [0, 0.1) is 12.3 Å². The molecule has 1 heterocycles. The quantitative estimate of drug-likeness (QED) is 0.821. The zero-order valence-corrected chi connectivity index (χ0v) is 12.5. The number of urea groups is 1. The summed E-state index contributed by atoms with van der Waals surface area (Å²) in [6.45, 7) is 0.168. The van der Waals surface area contributed by atoms with Crippen molar-refractivity contribution in [2.45, 2.75) is 6.04 Å². The molecule has 2 amide bonds. The van der Waals surface area contributed by atoms with Gasteiger partial charge in [-0.3, -0.25) is 0 Å². The number of hydrogen-bond acceptors (Lipinski definition) is 3. The minimum atomic E-state index is -0.385. The number of nitrogens with one attached hydrogen (secondary N) is 2. The summed E-state index contributed by atoms with van der Waals surface area (Å²) in [5.74, 6) is 3.84. The van der Waals surface area contributed by atoms with Crippen molar-refractivity contribution in [1.29, 1.82) is 0 Å². The summed E-state index contributed by atoms with van der Waals surface area (Å²) in [5, 5.41) is 5.47. The molecule has 0 bridgehead atoms. The fourth-order valence-corrected chi connectivity index (χ4v) is 2.06. The first-order valence-corrected chi connectivity index (χ1v) is 6.74. The molecule has 0 aliphatic heterocycles. The number of ether oxygens (including phenoxy) is 1. The van der Waals surface area contributed by atoms with Gasteiger partial charge in [-0.2, -0.15) is 0 Å². The lowest BCUT2D eigenvalue weighted by Gasteiger charge is -2.19. The van der Waals surface area contributed by atoms with Gasteiger partial charge in [0, 0.05) is 19.4 Å². The van der Waals surface area contributed by atoms with Gasteiger partial charge in [0.15, 0.2) is 0 Å². The third-order valence-corrected chi connectivity index (χ3v) is 3.19. The second-order valence-electron chi connectivity index (χ2n) is 4.63. The molecule has 2 aromatic rings. The second-order valence-corrected chi connectivity index (χ2v) is 4.63. The molecule has 22 heavy (non-hydrogen) atoms. The van der Waals surface area contributed by atoms with Crippen molar-refractivity contribution in [3.63, 3.8) is 0 Å². The number of imidazole rings is 1. The number of methoxy groups -OCH3 is 1. The lowest BCUT2D eigenvalue weighted by Crippen LogP contribution is -2.39. The Morgan fingerprint density at radius 1 is 1.45 bits per heavy atom. The van der Waals surface area contributed by atoms with Crippen molar-refractivity contribution in [3.8, 4) is 18.1 Å². The molecule has 1 unspecified atom stereocenters. The highest BCUT2D eigenvalue weighted by molar-refractivity contribution is 5.75. The Hall–Kier alpha value is -2.94. The van der Waals surface area contributed by atoms with Gasteiger partial charge in [-0.15, -0.1) is 6.42 Å². The van der Waals surface area contributed by atoms with E-state index in [1.807, 2.05) is 42.1 Å². The van der Waals surface area contributed by atoms with Gasteiger partial charge in [-0.1, -0.05) is 18.1 Å². The number of aryl methyl sites for hydroxylation is 1. The largest absolute Gasteiger partial charge is 0.497 e. The maximum absolute atomic E-state index is 11.9. The predicted molar refractivity (Wildman–Crippen MR) is 83.4 cm³/mol. The van der Waals surface area contributed by atoms with Crippen LogP contribution in [0.4, 0.5) is 4.79 Å². The molecule has 6 nitrogen and oxygen atoms in total. The topological polar surface area (TPSA) is 68.2 Å². The normalized spacial score (nSPS) is 11.3. The summed E-state index contributed by atoms with van der Waals surface area (Å²) < 4.78 is 7.01. The number of carbonyl (C=O) groups excluding carboxylic acids is 1. The van der Waals surface area contributed by atoms with E-state index in [4.69, 9.17) is 11.2 Å². The Kier molecular flexibility index (Phi) is 5.04. The SMILES string of the molecule is C#CCNC(=O)NC(c1ccc(OC)cc1)c1nccn1C. The molecule has 1 aromatic carbocycles. The molecule has 2 N–H and O–H groups in total. The molecule has 1 aromatic heterocycles. The maximum Gasteiger partial charge on any atom is 0.316 e. The predicted octanol–water partition coefficient (Wildman–Crippen LogP) is 1.45. The Balaban J connectivity index is 2.27. The van der Waals surface area contributed by atoms with E-state index in [1.165, 1.54) is 0 Å². The van der Waals surface area contributed by atoms with Crippen molar-refractivity contribution in [3.05, 3.63) is 48.0 Å². The number of aromatic nitrogens is 2. The molecule has 0 fully saturated rings. The fraction of sp³-hybridized carbons (Fsp3) is 0.250. The van der Waals surface area contributed by atoms with Gasteiger partial charge in [-0.25, -0.2) is 9.78 Å². The van der Waals surface area contributed by atoms with Crippen LogP contribution in [0.25, 0.3) is 0 Å². The number of terminal acetylenes is 1. The van der Waals surface area contributed by atoms with Crippen LogP contribution in [0.1, 0.15) is 17.4 Å². The number of rotatable bonds is 5. The standard InChI is InChI=1S/C16H18N4O2/c1-4-9-18-16(21)19-14(15-17-10-11-20(15)2)12-5-7-13(22-3)8-6-12/h1,5-8,10-11,14H,9H2,2-3H3,(H2,18,19,21). The van der Waals surface area contributed by atoms with Crippen molar-refractivity contribution in [2.24, 2.45) is 7.05 Å². The minimum Gasteiger partial charge on any atom is -0.497 e. The molecule has 0 aliphatic carbocycles. The Bertz CT molecular complexity index is 670. The van der Waals surface area contributed by atoms with E-state index in [0.717, 1.165) is 17.1 Å². The third kappa shape index (κ3) is 3.58. The van der Waals surface area contributed by atoms with Crippen LogP contribution < -0.4 is 15.4 Å². The highest BCUT2D eigenvalue weighted by atomic mass is 16.5. The molecule has 0 saturated carbocycles. The molecule has 6 heteroatoms. The molecule has 1 atom stereocenters. The summed E-state index contributed by atoms with van der Waals surface area (Å²) in [6, 6.07) is 6.73. The van der Waals surface area contributed by atoms with Crippen LogP contribution in [-0.4, -0.2) is 29.2 Å². The Labute approximate surface area is 129 Å². The van der Waals surface area contributed by atoms with Gasteiger partial charge in [0.2, 0.25) is 0 Å². The van der Waals surface area contributed by atoms with E-state index in [1.54, 1.807) is 13.3 Å². The molecular formula is C16H18N4O2. The first kappa shape index (κ1) is 15.4. The zero-order valence-electron chi connectivity index (χ0n) is 12.5. The highest BCUT2D eigenvalue weighted by Crippen LogP contribution is 2.22. The van der Waals surface area contributed by atoms with E-state index in [-0.39, 0.29) is 18.6 Å². The highest BCUT2D eigenvalue weighted by Gasteiger charge is 2.20. The number of carbonyl (C=O) groups is 1. The van der Waals surface area contributed by atoms with E-state index in [9.17, 15) is 4.79 Å². The maximum atomic E-state index is 11.9. The van der Waals surface area contributed by atoms with Gasteiger partial charge in [0.1, 0.15) is 17.6 Å². The third-order valence-electron chi connectivity index (χ3n) is 3.19. The average Bonchev–Trinajstić information content (AvgIpc) is 2.96. The lowest BCUT2D eigenvalue weighted by atomic mass is 10.1. The summed E-state index contributed by atoms with van der Waals surface area (Å²) >= 11 is 0. The summed E-state index contributed by atoms with van der Waals surface area (Å²) in [5.41, 5.74) is 0.894. The first-order valence-electron chi connectivity index (χ1n) is 6.74. The number of amides is 2. The fourth-order valence-electron chi connectivity index (χ4n) is 2.06.